The van der Waals surface area contributed by atoms with Crippen LogP contribution in [-0.2, 0) is 13.0 Å². The smallest absolute Gasteiger partial charge is 0.127 e. The fourth-order valence-electron chi connectivity index (χ4n) is 3.17. The summed E-state index contributed by atoms with van der Waals surface area (Å²) >= 11 is 6.17. The van der Waals surface area contributed by atoms with Crippen LogP contribution in [0, 0.1) is 5.92 Å². The van der Waals surface area contributed by atoms with Crippen LogP contribution < -0.4 is 10.1 Å². The van der Waals surface area contributed by atoms with E-state index in [4.69, 9.17) is 16.3 Å². The second kappa shape index (κ2) is 5.10. The van der Waals surface area contributed by atoms with E-state index >= 15 is 0 Å². The van der Waals surface area contributed by atoms with Gasteiger partial charge in [-0.1, -0.05) is 24.9 Å². The number of hydrogen-bond acceptors (Lipinski definition) is 2. The van der Waals surface area contributed by atoms with E-state index < -0.39 is 0 Å². The van der Waals surface area contributed by atoms with Crippen molar-refractivity contribution in [1.29, 1.82) is 0 Å². The molecule has 0 amide bonds. The maximum atomic E-state index is 6.17. The summed E-state index contributed by atoms with van der Waals surface area (Å²) in [7, 11) is 0. The van der Waals surface area contributed by atoms with Crippen molar-refractivity contribution in [1.82, 2.24) is 5.32 Å². The Morgan fingerprint density at radius 2 is 2.28 bits per heavy atom. The molecule has 2 atom stereocenters. The van der Waals surface area contributed by atoms with Crippen molar-refractivity contribution in [2.45, 2.75) is 45.2 Å². The highest BCUT2D eigenvalue weighted by atomic mass is 35.5. The summed E-state index contributed by atoms with van der Waals surface area (Å²) in [6.45, 7) is 4.00. The predicted molar refractivity (Wildman–Crippen MR) is 74.3 cm³/mol. The van der Waals surface area contributed by atoms with E-state index in [2.05, 4.69) is 12.2 Å². The molecule has 2 nitrogen and oxygen atoms in total. The minimum absolute atomic E-state index is 0.654. The van der Waals surface area contributed by atoms with Crippen LogP contribution in [0.5, 0.6) is 5.75 Å². The number of hydrogen-bond donors (Lipinski definition) is 1. The third kappa shape index (κ3) is 2.36. The van der Waals surface area contributed by atoms with Crippen molar-refractivity contribution in [2.24, 2.45) is 5.92 Å². The number of halogens is 1. The summed E-state index contributed by atoms with van der Waals surface area (Å²) in [5, 5.41) is 4.50. The molecule has 3 heteroatoms. The van der Waals surface area contributed by atoms with Crippen LogP contribution in [0.2, 0.25) is 5.02 Å². The number of nitrogens with one attached hydrogen (secondary N) is 1. The number of ether oxygens (including phenoxy) is 1. The second-order valence-corrected chi connectivity index (χ2v) is 5.98. The van der Waals surface area contributed by atoms with Gasteiger partial charge in [0, 0.05) is 29.6 Å². The average molecular weight is 266 g/mol. The third-order valence-electron chi connectivity index (χ3n) is 4.24. The molecule has 0 spiro atoms. The monoisotopic (exact) mass is 265 g/mol. The Labute approximate surface area is 114 Å². The molecule has 1 N–H and O–H groups in total. The molecular weight excluding hydrogens is 246 g/mol. The Morgan fingerprint density at radius 3 is 3.06 bits per heavy atom. The van der Waals surface area contributed by atoms with Crippen LogP contribution in [0.15, 0.2) is 12.1 Å². The molecule has 1 aromatic rings. The highest BCUT2D eigenvalue weighted by Gasteiger charge is 2.24. The zero-order chi connectivity index (χ0) is 12.5. The molecule has 1 aliphatic heterocycles. The minimum Gasteiger partial charge on any atom is -0.493 e. The molecule has 1 heterocycles. The molecule has 18 heavy (non-hydrogen) atoms. The lowest BCUT2D eigenvalue weighted by molar-refractivity contribution is 0.349. The fourth-order valence-corrected chi connectivity index (χ4v) is 3.43. The van der Waals surface area contributed by atoms with Crippen molar-refractivity contribution in [3.8, 4) is 5.75 Å². The number of rotatable bonds is 3. The average Bonchev–Trinajstić information content (AvgIpc) is 2.94. The Hall–Kier alpha value is -0.730. The molecule has 0 saturated heterocycles. The quantitative estimate of drug-likeness (QED) is 0.902. The van der Waals surface area contributed by atoms with Gasteiger partial charge in [-0.25, -0.2) is 0 Å². The van der Waals surface area contributed by atoms with Crippen molar-refractivity contribution >= 4 is 11.6 Å². The first-order chi connectivity index (χ1) is 8.74. The molecule has 1 saturated carbocycles. The van der Waals surface area contributed by atoms with Gasteiger partial charge in [0.05, 0.1) is 6.61 Å². The topological polar surface area (TPSA) is 21.3 Å². The zero-order valence-electron chi connectivity index (χ0n) is 10.8. The zero-order valence-corrected chi connectivity index (χ0v) is 11.6. The van der Waals surface area contributed by atoms with Gasteiger partial charge in [-0.2, -0.15) is 0 Å². The largest absolute Gasteiger partial charge is 0.493 e. The van der Waals surface area contributed by atoms with E-state index in [0.29, 0.717) is 6.04 Å². The summed E-state index contributed by atoms with van der Waals surface area (Å²) < 4.78 is 5.73. The van der Waals surface area contributed by atoms with Crippen molar-refractivity contribution in [3.63, 3.8) is 0 Å². The van der Waals surface area contributed by atoms with Crippen LogP contribution in [-0.4, -0.2) is 12.6 Å². The Morgan fingerprint density at radius 1 is 1.39 bits per heavy atom. The standard InChI is InChI=1S/C15H20ClNO/c1-10-3-2-4-14(10)17-9-12-8-13(16)7-11-5-6-18-15(11)12/h7-8,10,14,17H,2-6,9H2,1H3. The molecule has 0 bridgehead atoms. The van der Waals surface area contributed by atoms with E-state index in [1.165, 1.54) is 30.4 Å². The van der Waals surface area contributed by atoms with Gasteiger partial charge in [-0.3, -0.25) is 0 Å². The van der Waals surface area contributed by atoms with Gasteiger partial charge in [0.1, 0.15) is 5.75 Å². The Kier molecular flexibility index (Phi) is 3.49. The molecule has 98 valence electrons. The van der Waals surface area contributed by atoms with Gasteiger partial charge in [-0.05, 0) is 36.5 Å². The van der Waals surface area contributed by atoms with Gasteiger partial charge in [0.2, 0.25) is 0 Å². The van der Waals surface area contributed by atoms with Gasteiger partial charge >= 0.3 is 0 Å². The number of fused-ring (bicyclic) bond motifs is 1. The fraction of sp³-hybridized carbons (Fsp3) is 0.600. The third-order valence-corrected chi connectivity index (χ3v) is 4.46. The molecule has 3 rings (SSSR count). The van der Waals surface area contributed by atoms with E-state index in [0.717, 1.165) is 36.3 Å². The molecular formula is C15H20ClNO. The van der Waals surface area contributed by atoms with Crippen molar-refractivity contribution in [2.75, 3.05) is 6.61 Å². The first kappa shape index (κ1) is 12.3. The van der Waals surface area contributed by atoms with Crippen molar-refractivity contribution in [3.05, 3.63) is 28.3 Å². The van der Waals surface area contributed by atoms with Crippen LogP contribution in [0.1, 0.15) is 37.3 Å². The van der Waals surface area contributed by atoms with E-state index in [9.17, 15) is 0 Å². The first-order valence-electron chi connectivity index (χ1n) is 6.91. The molecule has 1 aromatic carbocycles. The lowest BCUT2D eigenvalue weighted by Crippen LogP contribution is -2.30. The first-order valence-corrected chi connectivity index (χ1v) is 7.29. The SMILES string of the molecule is CC1CCCC1NCc1cc(Cl)cc2c1OCC2. The highest BCUT2D eigenvalue weighted by Crippen LogP contribution is 2.33. The molecule has 2 aliphatic rings. The van der Waals surface area contributed by atoms with Crippen LogP contribution in [0.25, 0.3) is 0 Å². The normalized spacial score (nSPS) is 26.1. The predicted octanol–water partition coefficient (Wildman–Crippen LogP) is 3.55. The Balaban J connectivity index is 1.73. The molecule has 1 aliphatic carbocycles. The molecule has 0 aromatic heterocycles. The lowest BCUT2D eigenvalue weighted by atomic mass is 10.0. The van der Waals surface area contributed by atoms with Gasteiger partial charge in [-0.15, -0.1) is 0 Å². The van der Waals surface area contributed by atoms with Crippen LogP contribution in [0.3, 0.4) is 0 Å². The molecule has 0 radical (unpaired) electrons. The van der Waals surface area contributed by atoms with E-state index in [-0.39, 0.29) is 0 Å². The van der Waals surface area contributed by atoms with Crippen LogP contribution in [0.4, 0.5) is 0 Å². The lowest BCUT2D eigenvalue weighted by Gasteiger charge is -2.18. The summed E-state index contributed by atoms with van der Waals surface area (Å²) in [5.41, 5.74) is 2.48. The highest BCUT2D eigenvalue weighted by molar-refractivity contribution is 6.30. The second-order valence-electron chi connectivity index (χ2n) is 5.55. The van der Waals surface area contributed by atoms with E-state index in [1.54, 1.807) is 0 Å². The summed E-state index contributed by atoms with van der Waals surface area (Å²) in [4.78, 5) is 0. The van der Waals surface area contributed by atoms with E-state index in [1.807, 2.05) is 12.1 Å². The minimum atomic E-state index is 0.654. The van der Waals surface area contributed by atoms with Gasteiger partial charge in [0.25, 0.3) is 0 Å². The van der Waals surface area contributed by atoms with Crippen molar-refractivity contribution < 1.29 is 4.74 Å². The molecule has 2 unspecified atom stereocenters. The van der Waals surface area contributed by atoms with Gasteiger partial charge in [0.15, 0.2) is 0 Å². The summed E-state index contributed by atoms with van der Waals surface area (Å²) in [6, 6.07) is 4.73. The maximum Gasteiger partial charge on any atom is 0.127 e. The molecule has 1 fully saturated rings. The Bertz CT molecular complexity index is 446. The number of benzene rings is 1. The summed E-state index contributed by atoms with van der Waals surface area (Å²) in [6.07, 6.45) is 4.98. The summed E-state index contributed by atoms with van der Waals surface area (Å²) in [5.74, 6) is 1.86. The van der Waals surface area contributed by atoms with Crippen LogP contribution >= 0.6 is 11.6 Å². The van der Waals surface area contributed by atoms with Gasteiger partial charge < -0.3 is 10.1 Å². The maximum absolute atomic E-state index is 6.17.